The number of anilines is 1. The van der Waals surface area contributed by atoms with E-state index in [-0.39, 0.29) is 78.6 Å². The number of benzene rings is 1. The van der Waals surface area contributed by atoms with Crippen molar-refractivity contribution in [2.75, 3.05) is 38.8 Å². The number of hydrogen-bond acceptors (Lipinski definition) is 11. The Hall–Kier alpha value is -4.21. The summed E-state index contributed by atoms with van der Waals surface area (Å²) in [6, 6.07) is 6.24. The summed E-state index contributed by atoms with van der Waals surface area (Å²) >= 11 is 0. The number of amides is 4. The third kappa shape index (κ3) is 26.5. The Morgan fingerprint density at radius 2 is 1.41 bits per heavy atom. The van der Waals surface area contributed by atoms with E-state index in [1.807, 2.05) is 38.1 Å². The van der Waals surface area contributed by atoms with Crippen molar-refractivity contribution in [2.24, 2.45) is 35.3 Å². The second kappa shape index (κ2) is 30.8. The van der Waals surface area contributed by atoms with Crippen LogP contribution in [0.4, 0.5) is 5.69 Å². The molecule has 0 aliphatic carbocycles. The van der Waals surface area contributed by atoms with Crippen LogP contribution in [0, 0.1) is 29.6 Å². The Bertz CT molecular complexity index is 1430. The molecule has 1 aromatic carbocycles. The van der Waals surface area contributed by atoms with Crippen molar-refractivity contribution in [1.82, 2.24) is 16.0 Å². The minimum Gasteiger partial charge on any atom is -0.461 e. The van der Waals surface area contributed by atoms with Crippen LogP contribution in [0.2, 0.25) is 0 Å². The zero-order valence-corrected chi connectivity index (χ0v) is 37.6. The van der Waals surface area contributed by atoms with E-state index in [0.717, 1.165) is 36.9 Å². The molecule has 4 amide bonds. The molecular formula is C44H75N5O10. The highest BCUT2D eigenvalue weighted by Gasteiger charge is 2.28. The van der Waals surface area contributed by atoms with Crippen molar-refractivity contribution >= 4 is 46.9 Å². The number of nitrogens with one attached hydrogen (secondary N) is 4. The molecule has 59 heavy (non-hydrogen) atoms. The summed E-state index contributed by atoms with van der Waals surface area (Å²) < 4.78 is 15.4. The van der Waals surface area contributed by atoms with Gasteiger partial charge in [0.1, 0.15) is 12.4 Å². The first kappa shape index (κ1) is 54.8. The first-order valence-electron chi connectivity index (χ1n) is 21.0. The maximum absolute atomic E-state index is 12.9. The fraction of sp³-hybridized carbons (Fsp3) is 0.705. The van der Waals surface area contributed by atoms with Crippen molar-refractivity contribution < 1.29 is 47.8 Å². The summed E-state index contributed by atoms with van der Waals surface area (Å²) in [7, 11) is 1.61. The van der Waals surface area contributed by atoms with Gasteiger partial charge in [0.2, 0.25) is 23.6 Å². The number of esters is 1. The monoisotopic (exact) mass is 834 g/mol. The number of rotatable bonds is 29. The second-order valence-electron chi connectivity index (χ2n) is 16.4. The smallest absolute Gasteiger partial charge is 0.308 e. The predicted molar refractivity (Wildman–Crippen MR) is 229 cm³/mol. The lowest BCUT2D eigenvalue weighted by atomic mass is 9.91. The van der Waals surface area contributed by atoms with Gasteiger partial charge >= 0.3 is 5.97 Å². The maximum Gasteiger partial charge on any atom is 0.308 e. The fourth-order valence-corrected chi connectivity index (χ4v) is 5.72. The molecule has 0 unspecified atom stereocenters. The van der Waals surface area contributed by atoms with E-state index in [4.69, 9.17) is 19.9 Å². The standard InChI is InChI=1S/C27H44N2O6.C17H31N3O4/c1-20(2)18-23(8-6-7-14-28-25(30)13-15-34-17-16-33-5)26(31)29-24-11-9-22(10-12-24)19-35-27(32)21(3)4;1-9(2)16(23)13(8-15(18)22)20-17(24)11(5)7-14(21)12(6)19-10(3)4/h9-12,20-21,23H,6-8,13-19H2,1-5H3,(H,28,30)(H,29,31);9-13,19H,7-8H2,1-6H3,(H2,18,22)(H,20,24)/t23-;11-,12+,13+/m11/s1. The Labute approximate surface area is 352 Å². The Morgan fingerprint density at radius 3 is 1.95 bits per heavy atom. The molecule has 15 nitrogen and oxygen atoms in total. The first-order chi connectivity index (χ1) is 27.7. The van der Waals surface area contributed by atoms with E-state index in [1.54, 1.807) is 48.7 Å². The van der Waals surface area contributed by atoms with E-state index in [2.05, 4.69) is 35.1 Å². The van der Waals surface area contributed by atoms with Crippen LogP contribution in [0.3, 0.4) is 0 Å². The number of carbonyl (C=O) groups excluding carboxylic acids is 7. The summed E-state index contributed by atoms with van der Waals surface area (Å²) in [5.41, 5.74) is 6.74. The molecule has 0 aromatic heterocycles. The highest BCUT2D eigenvalue weighted by atomic mass is 16.5. The number of unbranched alkanes of at least 4 members (excludes halogenated alkanes) is 1. The van der Waals surface area contributed by atoms with Crippen molar-refractivity contribution in [1.29, 1.82) is 0 Å². The van der Waals surface area contributed by atoms with Gasteiger partial charge in [0, 0.05) is 56.0 Å². The summed E-state index contributed by atoms with van der Waals surface area (Å²) in [6.07, 6.45) is 3.41. The molecule has 0 saturated heterocycles. The molecule has 4 atom stereocenters. The molecule has 0 radical (unpaired) electrons. The van der Waals surface area contributed by atoms with Gasteiger partial charge in [0.15, 0.2) is 5.78 Å². The highest BCUT2D eigenvalue weighted by molar-refractivity contribution is 5.95. The number of primary amides is 1. The topological polar surface area (TPSA) is 221 Å². The van der Waals surface area contributed by atoms with Crippen molar-refractivity contribution in [3.8, 4) is 0 Å². The average Bonchev–Trinajstić information content (AvgIpc) is 3.15. The Morgan fingerprint density at radius 1 is 0.763 bits per heavy atom. The molecule has 0 fully saturated rings. The van der Waals surface area contributed by atoms with E-state index in [0.29, 0.717) is 38.7 Å². The van der Waals surface area contributed by atoms with Crippen LogP contribution >= 0.6 is 0 Å². The third-order valence-corrected chi connectivity index (χ3v) is 9.06. The third-order valence-electron chi connectivity index (χ3n) is 9.06. The summed E-state index contributed by atoms with van der Waals surface area (Å²) in [4.78, 5) is 84.0. The second-order valence-corrected chi connectivity index (χ2v) is 16.4. The average molecular weight is 834 g/mol. The first-order valence-corrected chi connectivity index (χ1v) is 21.0. The lowest BCUT2D eigenvalue weighted by Gasteiger charge is -2.21. The molecule has 0 spiro atoms. The van der Waals surface area contributed by atoms with Crippen LogP contribution in [-0.2, 0) is 54.4 Å². The molecule has 6 N–H and O–H groups in total. The minimum atomic E-state index is -0.946. The van der Waals surface area contributed by atoms with Crippen molar-refractivity contribution in [3.05, 3.63) is 29.8 Å². The Balaban J connectivity index is 0.00000123. The number of carbonyl (C=O) groups is 7. The zero-order chi connectivity index (χ0) is 45.1. The molecule has 1 aromatic rings. The number of ether oxygens (including phenoxy) is 3. The number of ketones is 2. The van der Waals surface area contributed by atoms with Gasteiger partial charge in [-0.25, -0.2) is 0 Å². The molecule has 336 valence electrons. The largest absolute Gasteiger partial charge is 0.461 e. The lowest BCUT2D eigenvalue weighted by molar-refractivity contribution is -0.148. The van der Waals surface area contributed by atoms with Crippen LogP contribution < -0.4 is 27.0 Å². The van der Waals surface area contributed by atoms with Gasteiger partial charge in [0.05, 0.1) is 44.2 Å². The van der Waals surface area contributed by atoms with Crippen LogP contribution in [0.5, 0.6) is 0 Å². The zero-order valence-electron chi connectivity index (χ0n) is 37.6. The minimum absolute atomic E-state index is 0.00919. The van der Waals surface area contributed by atoms with Crippen LogP contribution in [-0.4, -0.2) is 92.8 Å². The van der Waals surface area contributed by atoms with Crippen LogP contribution in [0.25, 0.3) is 0 Å². The SMILES string of the molecule is CC(C)N[C@@H](C)C(=O)C[C@@H](C)C(=O)N[C@@H](CC(N)=O)C(=O)C(C)C.COCCOCCC(=O)NCCCC[C@H](CC(C)C)C(=O)Nc1ccc(COC(=O)C(C)C)cc1. The van der Waals surface area contributed by atoms with Gasteiger partial charge in [-0.15, -0.1) is 0 Å². The van der Waals surface area contributed by atoms with Gasteiger partial charge in [-0.1, -0.05) is 80.9 Å². The molecule has 0 aliphatic rings. The van der Waals surface area contributed by atoms with E-state index in [9.17, 15) is 33.6 Å². The quantitative estimate of drug-likeness (QED) is 0.0541. The van der Waals surface area contributed by atoms with Crippen molar-refractivity contribution in [3.63, 3.8) is 0 Å². The molecular weight excluding hydrogens is 759 g/mol. The Kier molecular flexibility index (Phi) is 28.6. The van der Waals surface area contributed by atoms with E-state index < -0.39 is 23.8 Å². The predicted octanol–water partition coefficient (Wildman–Crippen LogP) is 4.88. The van der Waals surface area contributed by atoms with Gasteiger partial charge in [-0.2, -0.15) is 0 Å². The molecule has 0 saturated carbocycles. The molecule has 15 heteroatoms. The molecule has 0 aliphatic heterocycles. The number of Topliss-reactive ketones (excluding diaryl/α,β-unsaturated/α-hetero) is 2. The maximum atomic E-state index is 12.9. The summed E-state index contributed by atoms with van der Waals surface area (Å²) in [5, 5.41) is 11.6. The van der Waals surface area contributed by atoms with Gasteiger partial charge in [0.25, 0.3) is 0 Å². The normalized spacial score (nSPS) is 13.2. The van der Waals surface area contributed by atoms with Gasteiger partial charge in [-0.05, 0) is 49.8 Å². The summed E-state index contributed by atoms with van der Waals surface area (Å²) in [6.45, 7) is 20.7. The van der Waals surface area contributed by atoms with Crippen molar-refractivity contribution in [2.45, 2.75) is 139 Å². The van der Waals surface area contributed by atoms with Crippen LogP contribution in [0.1, 0.15) is 120 Å². The molecule has 0 bridgehead atoms. The van der Waals surface area contributed by atoms with E-state index >= 15 is 0 Å². The lowest BCUT2D eigenvalue weighted by Crippen LogP contribution is -2.47. The number of hydrogen-bond donors (Lipinski definition) is 5. The van der Waals surface area contributed by atoms with Gasteiger partial charge < -0.3 is 41.2 Å². The molecule has 1 rings (SSSR count). The van der Waals surface area contributed by atoms with Gasteiger partial charge in [-0.3, -0.25) is 33.6 Å². The van der Waals surface area contributed by atoms with Crippen LogP contribution in [0.15, 0.2) is 24.3 Å². The molecule has 0 heterocycles. The highest BCUT2D eigenvalue weighted by Crippen LogP contribution is 2.21. The number of methoxy groups -OCH3 is 1. The number of nitrogens with two attached hydrogens (primary N) is 1. The summed E-state index contributed by atoms with van der Waals surface area (Å²) in [5.74, 6) is -2.44. The van der Waals surface area contributed by atoms with E-state index in [1.165, 1.54) is 0 Å². The fourth-order valence-electron chi connectivity index (χ4n) is 5.72.